The number of carbonyl (C=O) groups is 1. The summed E-state index contributed by atoms with van der Waals surface area (Å²) in [5.41, 5.74) is 0.535. The van der Waals surface area contributed by atoms with Crippen LogP contribution < -0.4 is 0 Å². The number of hydrogen-bond acceptors (Lipinski definition) is 5. The second-order valence-corrected chi connectivity index (χ2v) is 3.44. The summed E-state index contributed by atoms with van der Waals surface area (Å²) >= 11 is 0. The van der Waals surface area contributed by atoms with Crippen molar-refractivity contribution in [2.24, 2.45) is 0 Å². The van der Waals surface area contributed by atoms with E-state index in [1.165, 1.54) is 13.0 Å². The number of carbonyl (C=O) groups excluding carboxylic acids is 1. The van der Waals surface area contributed by atoms with Crippen molar-refractivity contribution in [3.8, 4) is 0 Å². The molecule has 0 saturated carbocycles. The number of rotatable bonds is 3. The van der Waals surface area contributed by atoms with Gasteiger partial charge < -0.3 is 9.15 Å². The highest BCUT2D eigenvalue weighted by atomic mass is 16.7. The number of fused-ring (bicyclic) bond motifs is 1. The summed E-state index contributed by atoms with van der Waals surface area (Å²) in [5, 5.41) is 11.1. The lowest BCUT2D eigenvalue weighted by Crippen LogP contribution is -2.22. The molecule has 0 bridgehead atoms. The molecule has 0 amide bonds. The minimum absolute atomic E-state index is 0.0418. The molecule has 0 N–H and O–H groups in total. The second-order valence-electron chi connectivity index (χ2n) is 3.44. The predicted octanol–water partition coefficient (Wildman–Crippen LogP) is 2.21. The van der Waals surface area contributed by atoms with E-state index in [4.69, 9.17) is 4.42 Å². The van der Waals surface area contributed by atoms with Crippen LogP contribution in [0.3, 0.4) is 0 Å². The van der Waals surface area contributed by atoms with Crippen molar-refractivity contribution in [2.45, 2.75) is 13.2 Å². The highest BCUT2D eigenvalue weighted by Crippen LogP contribution is 2.19. The third-order valence-corrected chi connectivity index (χ3v) is 2.20. The van der Waals surface area contributed by atoms with Crippen molar-refractivity contribution >= 4 is 16.9 Å². The van der Waals surface area contributed by atoms with E-state index >= 15 is 0 Å². The minimum Gasteiger partial charge on any atom is -0.449 e. The highest BCUT2D eigenvalue weighted by Gasteiger charge is 2.22. The molecule has 1 unspecified atom stereocenters. The smallest absolute Gasteiger partial charge is 0.379 e. The summed E-state index contributed by atoms with van der Waals surface area (Å²) in [6, 6.07) is 8.52. The van der Waals surface area contributed by atoms with Crippen molar-refractivity contribution in [2.75, 3.05) is 0 Å². The Labute approximate surface area is 95.9 Å². The Kier molecular flexibility index (Phi) is 2.78. The van der Waals surface area contributed by atoms with Gasteiger partial charge >= 0.3 is 12.2 Å². The molecule has 0 fully saturated rings. The Morgan fingerprint density at radius 1 is 1.47 bits per heavy atom. The quantitative estimate of drug-likeness (QED) is 0.352. The zero-order chi connectivity index (χ0) is 12.4. The van der Waals surface area contributed by atoms with E-state index in [2.05, 4.69) is 4.74 Å². The highest BCUT2D eigenvalue weighted by molar-refractivity contribution is 5.92. The first-order valence-electron chi connectivity index (χ1n) is 4.91. The maximum Gasteiger partial charge on any atom is 0.379 e. The van der Waals surface area contributed by atoms with E-state index in [1.807, 2.05) is 0 Å². The molecule has 88 valence electrons. The molecule has 1 aromatic heterocycles. The number of benzene rings is 1. The molecule has 0 saturated heterocycles. The van der Waals surface area contributed by atoms with Gasteiger partial charge in [0.25, 0.3) is 0 Å². The lowest BCUT2D eigenvalue weighted by Gasteiger charge is -2.03. The van der Waals surface area contributed by atoms with Crippen molar-refractivity contribution in [3.05, 3.63) is 46.2 Å². The summed E-state index contributed by atoms with van der Waals surface area (Å²) in [6.07, 6.45) is -1.39. The average molecular weight is 235 g/mol. The fraction of sp³-hybridized carbons (Fsp3) is 0.182. The Morgan fingerprint density at radius 2 is 2.18 bits per heavy atom. The number of furan rings is 1. The van der Waals surface area contributed by atoms with E-state index in [1.54, 1.807) is 24.3 Å². The van der Waals surface area contributed by atoms with Crippen LogP contribution in [0, 0.1) is 10.1 Å². The fourth-order valence-electron chi connectivity index (χ4n) is 1.34. The number of esters is 1. The van der Waals surface area contributed by atoms with E-state index < -0.39 is 17.1 Å². The SMILES string of the molecule is CC(OC(=O)c1cc2ccccc2o1)[N+](=O)[O-]. The maximum atomic E-state index is 11.5. The van der Waals surface area contributed by atoms with Gasteiger partial charge in [0.2, 0.25) is 5.76 Å². The largest absolute Gasteiger partial charge is 0.449 e. The molecule has 2 rings (SSSR count). The van der Waals surface area contributed by atoms with Gasteiger partial charge in [-0.05, 0) is 12.1 Å². The Balaban J connectivity index is 2.22. The summed E-state index contributed by atoms with van der Waals surface area (Å²) in [6.45, 7) is 1.18. The van der Waals surface area contributed by atoms with Gasteiger partial charge in [-0.25, -0.2) is 4.79 Å². The molecular weight excluding hydrogens is 226 g/mol. The first-order chi connectivity index (χ1) is 8.08. The molecule has 6 heteroatoms. The van der Waals surface area contributed by atoms with Gasteiger partial charge in [-0.15, -0.1) is 0 Å². The molecule has 1 heterocycles. The lowest BCUT2D eigenvalue weighted by molar-refractivity contribution is -0.561. The van der Waals surface area contributed by atoms with E-state index in [9.17, 15) is 14.9 Å². The number of nitro groups is 1. The van der Waals surface area contributed by atoms with Crippen LogP contribution in [0.1, 0.15) is 17.5 Å². The van der Waals surface area contributed by atoms with Crippen LogP contribution in [-0.4, -0.2) is 17.1 Å². The number of ether oxygens (including phenoxy) is 1. The van der Waals surface area contributed by atoms with Crippen LogP contribution in [0.15, 0.2) is 34.7 Å². The molecule has 1 aromatic carbocycles. The van der Waals surface area contributed by atoms with Gasteiger partial charge in [0.05, 0.1) is 4.92 Å². The summed E-state index contributed by atoms with van der Waals surface area (Å²) in [4.78, 5) is 21.2. The van der Waals surface area contributed by atoms with Crippen LogP contribution in [0.2, 0.25) is 0 Å². The topological polar surface area (TPSA) is 82.6 Å². The lowest BCUT2D eigenvalue weighted by atomic mass is 10.2. The molecular formula is C11H9NO5. The van der Waals surface area contributed by atoms with Crippen LogP contribution in [0.5, 0.6) is 0 Å². The molecule has 1 atom stereocenters. The van der Waals surface area contributed by atoms with Gasteiger partial charge in [0.1, 0.15) is 5.58 Å². The first-order valence-corrected chi connectivity index (χ1v) is 4.91. The van der Waals surface area contributed by atoms with Crippen LogP contribution >= 0.6 is 0 Å². The van der Waals surface area contributed by atoms with Gasteiger partial charge in [0.15, 0.2) is 0 Å². The zero-order valence-corrected chi connectivity index (χ0v) is 8.95. The molecule has 17 heavy (non-hydrogen) atoms. The van der Waals surface area contributed by atoms with Gasteiger partial charge in [-0.2, -0.15) is 0 Å². The van der Waals surface area contributed by atoms with Crippen molar-refractivity contribution in [3.63, 3.8) is 0 Å². The molecule has 6 nitrogen and oxygen atoms in total. The van der Waals surface area contributed by atoms with Gasteiger partial charge in [0, 0.05) is 12.3 Å². The third kappa shape index (κ3) is 2.25. The van der Waals surface area contributed by atoms with Crippen LogP contribution in [0.25, 0.3) is 11.0 Å². The zero-order valence-electron chi connectivity index (χ0n) is 8.95. The third-order valence-electron chi connectivity index (χ3n) is 2.20. The summed E-state index contributed by atoms with van der Waals surface area (Å²) in [5.74, 6) is -0.884. The van der Waals surface area contributed by atoms with Crippen molar-refractivity contribution in [1.29, 1.82) is 0 Å². The van der Waals surface area contributed by atoms with E-state index in [0.717, 1.165) is 5.39 Å². The minimum atomic E-state index is -1.39. The Bertz CT molecular complexity index is 541. The second kappa shape index (κ2) is 4.25. The molecule has 0 aliphatic carbocycles. The number of nitrogens with zero attached hydrogens (tertiary/aromatic N) is 1. The van der Waals surface area contributed by atoms with E-state index in [0.29, 0.717) is 5.58 Å². The van der Waals surface area contributed by atoms with Crippen molar-refractivity contribution in [1.82, 2.24) is 0 Å². The first kappa shape index (κ1) is 11.1. The van der Waals surface area contributed by atoms with Crippen molar-refractivity contribution < 1.29 is 18.9 Å². The fourth-order valence-corrected chi connectivity index (χ4v) is 1.34. The Morgan fingerprint density at radius 3 is 2.82 bits per heavy atom. The van der Waals surface area contributed by atoms with E-state index in [-0.39, 0.29) is 5.76 Å². The van der Waals surface area contributed by atoms with Gasteiger partial charge in [-0.1, -0.05) is 18.2 Å². The predicted molar refractivity (Wildman–Crippen MR) is 58.1 cm³/mol. The number of hydrogen-bond donors (Lipinski definition) is 0. The maximum absolute atomic E-state index is 11.5. The Hall–Kier alpha value is -2.37. The molecule has 0 radical (unpaired) electrons. The molecule has 0 aliphatic heterocycles. The molecule has 0 spiro atoms. The molecule has 0 aliphatic rings. The monoisotopic (exact) mass is 235 g/mol. The van der Waals surface area contributed by atoms with Crippen LogP contribution in [-0.2, 0) is 4.74 Å². The number of para-hydroxylation sites is 1. The average Bonchev–Trinajstić information content (AvgIpc) is 2.72. The summed E-state index contributed by atoms with van der Waals surface area (Å²) in [7, 11) is 0. The normalized spacial score (nSPS) is 12.3. The summed E-state index contributed by atoms with van der Waals surface area (Å²) < 4.78 is 9.81. The standard InChI is InChI=1S/C11H9NO5/c1-7(12(14)15)16-11(13)10-6-8-4-2-3-5-9(8)17-10/h2-7H,1H3. The van der Waals surface area contributed by atoms with Gasteiger partial charge in [-0.3, -0.25) is 10.1 Å². The molecule has 2 aromatic rings. The van der Waals surface area contributed by atoms with Crippen LogP contribution in [0.4, 0.5) is 0 Å².